The summed E-state index contributed by atoms with van der Waals surface area (Å²) in [5.74, 6) is 3.29. The van der Waals surface area contributed by atoms with Crippen molar-refractivity contribution in [3.63, 3.8) is 0 Å². The first-order valence-electron chi connectivity index (χ1n) is 9.73. The lowest BCUT2D eigenvalue weighted by molar-refractivity contribution is 0.186. The lowest BCUT2D eigenvalue weighted by Gasteiger charge is -2.26. The summed E-state index contributed by atoms with van der Waals surface area (Å²) in [7, 11) is 0. The number of ether oxygens (including phenoxy) is 1. The summed E-state index contributed by atoms with van der Waals surface area (Å²) in [5, 5.41) is 0. The molecule has 1 unspecified atom stereocenters. The SMILES string of the molecule is Cc1ncc(OC[C@@]2(C3C=CC=CC3)C[C@H]2c2nc3ncccc3[nH]2)c(C)n1. The smallest absolute Gasteiger partial charge is 0.177 e. The predicted molar refractivity (Wildman–Crippen MR) is 107 cm³/mol. The molecule has 0 amide bonds. The monoisotopic (exact) mass is 373 g/mol. The Morgan fingerprint density at radius 2 is 2.14 bits per heavy atom. The predicted octanol–water partition coefficient (Wildman–Crippen LogP) is 4.05. The van der Waals surface area contributed by atoms with Crippen LogP contribution in [0.4, 0.5) is 0 Å². The summed E-state index contributed by atoms with van der Waals surface area (Å²) < 4.78 is 6.26. The molecule has 5 rings (SSSR count). The molecule has 0 bridgehead atoms. The zero-order valence-corrected chi connectivity index (χ0v) is 16.1. The van der Waals surface area contributed by atoms with Crippen molar-refractivity contribution in [3.8, 4) is 5.75 Å². The van der Waals surface area contributed by atoms with Gasteiger partial charge < -0.3 is 9.72 Å². The van der Waals surface area contributed by atoms with E-state index in [4.69, 9.17) is 9.72 Å². The molecule has 1 N–H and O–H groups in total. The Kier molecular flexibility index (Phi) is 4.00. The second-order valence-electron chi connectivity index (χ2n) is 7.80. The van der Waals surface area contributed by atoms with E-state index in [0.29, 0.717) is 18.4 Å². The first-order valence-corrected chi connectivity index (χ1v) is 9.73. The zero-order chi connectivity index (χ0) is 19.1. The molecule has 3 aromatic rings. The third-order valence-corrected chi connectivity index (χ3v) is 5.99. The highest BCUT2D eigenvalue weighted by molar-refractivity contribution is 5.70. The second kappa shape index (κ2) is 6.55. The molecule has 6 heteroatoms. The molecule has 0 radical (unpaired) electrons. The zero-order valence-electron chi connectivity index (χ0n) is 16.1. The van der Waals surface area contributed by atoms with Gasteiger partial charge in [0.05, 0.1) is 24.0 Å². The van der Waals surface area contributed by atoms with Crippen LogP contribution in [0.1, 0.15) is 36.1 Å². The van der Waals surface area contributed by atoms with E-state index in [1.807, 2.05) is 26.0 Å². The topological polar surface area (TPSA) is 76.6 Å². The van der Waals surface area contributed by atoms with Crippen molar-refractivity contribution < 1.29 is 4.74 Å². The molecule has 3 aromatic heterocycles. The second-order valence-corrected chi connectivity index (χ2v) is 7.80. The van der Waals surface area contributed by atoms with Crippen LogP contribution in [0.15, 0.2) is 48.8 Å². The fraction of sp³-hybridized carbons (Fsp3) is 0.364. The first kappa shape index (κ1) is 17.1. The highest BCUT2D eigenvalue weighted by Crippen LogP contribution is 2.64. The van der Waals surface area contributed by atoms with E-state index in [2.05, 4.69) is 44.2 Å². The van der Waals surface area contributed by atoms with E-state index < -0.39 is 0 Å². The van der Waals surface area contributed by atoms with Crippen molar-refractivity contribution in [3.05, 3.63) is 66.2 Å². The number of aromatic amines is 1. The number of rotatable bonds is 5. The molecule has 3 heterocycles. The van der Waals surface area contributed by atoms with E-state index in [-0.39, 0.29) is 5.41 Å². The lowest BCUT2D eigenvalue weighted by Crippen LogP contribution is -2.25. The third-order valence-electron chi connectivity index (χ3n) is 5.99. The number of pyridine rings is 1. The average Bonchev–Trinajstić information content (AvgIpc) is 3.29. The summed E-state index contributed by atoms with van der Waals surface area (Å²) >= 11 is 0. The van der Waals surface area contributed by atoms with E-state index in [9.17, 15) is 0 Å². The normalized spacial score (nSPS) is 25.9. The fourth-order valence-corrected chi connectivity index (χ4v) is 4.33. The fourth-order valence-electron chi connectivity index (χ4n) is 4.33. The minimum Gasteiger partial charge on any atom is -0.489 e. The largest absolute Gasteiger partial charge is 0.489 e. The van der Waals surface area contributed by atoms with Crippen LogP contribution in [-0.4, -0.2) is 31.5 Å². The molecule has 0 saturated heterocycles. The molecule has 28 heavy (non-hydrogen) atoms. The number of aryl methyl sites for hydroxylation is 2. The van der Waals surface area contributed by atoms with Crippen molar-refractivity contribution in [2.45, 2.75) is 32.6 Å². The van der Waals surface area contributed by atoms with Crippen molar-refractivity contribution in [2.24, 2.45) is 11.3 Å². The molecule has 1 saturated carbocycles. The Morgan fingerprint density at radius 1 is 1.21 bits per heavy atom. The van der Waals surface area contributed by atoms with Gasteiger partial charge >= 0.3 is 0 Å². The van der Waals surface area contributed by atoms with Gasteiger partial charge in [0.1, 0.15) is 11.6 Å². The molecule has 3 atom stereocenters. The Hall–Kier alpha value is -3.02. The third kappa shape index (κ3) is 2.89. The van der Waals surface area contributed by atoms with Crippen molar-refractivity contribution in [2.75, 3.05) is 6.61 Å². The Bertz CT molecular complexity index is 1050. The molecule has 0 spiro atoms. The van der Waals surface area contributed by atoms with Crippen molar-refractivity contribution >= 4 is 11.2 Å². The Balaban J connectivity index is 1.43. The summed E-state index contributed by atoms with van der Waals surface area (Å²) in [4.78, 5) is 21.3. The van der Waals surface area contributed by atoms with Gasteiger partial charge in [-0.25, -0.2) is 19.9 Å². The van der Waals surface area contributed by atoms with E-state index >= 15 is 0 Å². The summed E-state index contributed by atoms with van der Waals surface area (Å²) in [6.07, 6.45) is 14.4. The molecule has 6 nitrogen and oxygen atoms in total. The van der Waals surface area contributed by atoms with Crippen molar-refractivity contribution in [1.29, 1.82) is 0 Å². The number of hydrogen-bond donors (Lipinski definition) is 1. The summed E-state index contributed by atoms with van der Waals surface area (Å²) in [5.41, 5.74) is 2.67. The van der Waals surface area contributed by atoms with Gasteiger partial charge in [-0.1, -0.05) is 24.3 Å². The van der Waals surface area contributed by atoms with Crippen LogP contribution in [0, 0.1) is 25.2 Å². The number of hydrogen-bond acceptors (Lipinski definition) is 5. The van der Waals surface area contributed by atoms with Gasteiger partial charge in [0.15, 0.2) is 11.4 Å². The van der Waals surface area contributed by atoms with Gasteiger partial charge in [0.25, 0.3) is 0 Å². The van der Waals surface area contributed by atoms with Gasteiger partial charge in [0.2, 0.25) is 0 Å². The average molecular weight is 373 g/mol. The molecule has 1 fully saturated rings. The van der Waals surface area contributed by atoms with Crippen LogP contribution in [0.2, 0.25) is 0 Å². The molecule has 142 valence electrons. The Morgan fingerprint density at radius 3 is 2.93 bits per heavy atom. The number of H-pyrrole nitrogens is 1. The summed E-state index contributed by atoms with van der Waals surface area (Å²) in [6.45, 7) is 4.48. The highest BCUT2D eigenvalue weighted by Gasteiger charge is 2.60. The molecule has 2 aliphatic carbocycles. The standard InChI is InChI=1S/C22H23N5O/c1-14-19(12-24-15(2)25-14)28-13-22(16-7-4-3-5-8-16)11-17(22)20-26-18-9-6-10-23-21(18)27-20/h3-7,9-10,12,16-17H,8,11,13H2,1-2H3,(H,23,26,27)/t16?,17-,22+/m0/s1. The van der Waals surface area contributed by atoms with Crippen LogP contribution in [0.5, 0.6) is 5.75 Å². The van der Waals surface area contributed by atoms with Gasteiger partial charge in [-0.2, -0.15) is 0 Å². The number of allylic oxidation sites excluding steroid dienone is 4. The number of imidazole rings is 1. The maximum absolute atomic E-state index is 6.26. The lowest BCUT2D eigenvalue weighted by atomic mass is 9.82. The molecule has 0 aliphatic heterocycles. The first-order chi connectivity index (χ1) is 13.7. The van der Waals surface area contributed by atoms with Gasteiger partial charge in [-0.15, -0.1) is 0 Å². The van der Waals surface area contributed by atoms with Crippen LogP contribution < -0.4 is 4.74 Å². The minimum absolute atomic E-state index is 0.0203. The van der Waals surface area contributed by atoms with Gasteiger partial charge in [-0.3, -0.25) is 0 Å². The minimum atomic E-state index is 0.0203. The molecule has 0 aromatic carbocycles. The molecular weight excluding hydrogens is 350 g/mol. The van der Waals surface area contributed by atoms with Crippen LogP contribution in [0.25, 0.3) is 11.2 Å². The van der Waals surface area contributed by atoms with Crippen LogP contribution in [-0.2, 0) is 0 Å². The molecular formula is C22H23N5O. The summed E-state index contributed by atoms with van der Waals surface area (Å²) in [6, 6.07) is 3.96. The Labute approximate surface area is 163 Å². The quantitative estimate of drug-likeness (QED) is 0.730. The van der Waals surface area contributed by atoms with E-state index in [1.165, 1.54) is 0 Å². The van der Waals surface area contributed by atoms with E-state index in [1.54, 1.807) is 12.4 Å². The van der Waals surface area contributed by atoms with Gasteiger partial charge in [0, 0.05) is 17.5 Å². The van der Waals surface area contributed by atoms with E-state index in [0.717, 1.165) is 47.1 Å². The van der Waals surface area contributed by atoms with Gasteiger partial charge in [-0.05, 0) is 44.7 Å². The highest BCUT2D eigenvalue weighted by atomic mass is 16.5. The maximum Gasteiger partial charge on any atom is 0.177 e. The maximum atomic E-state index is 6.26. The van der Waals surface area contributed by atoms with Crippen LogP contribution in [0.3, 0.4) is 0 Å². The number of nitrogens with zero attached hydrogens (tertiary/aromatic N) is 4. The number of fused-ring (bicyclic) bond motifs is 1. The number of nitrogens with one attached hydrogen (secondary N) is 1. The van der Waals surface area contributed by atoms with Crippen molar-refractivity contribution in [1.82, 2.24) is 24.9 Å². The van der Waals surface area contributed by atoms with Crippen LogP contribution >= 0.6 is 0 Å². The molecule has 2 aliphatic rings. The number of aromatic nitrogens is 5.